The van der Waals surface area contributed by atoms with Gasteiger partial charge in [0.1, 0.15) is 12.2 Å². The van der Waals surface area contributed by atoms with Crippen molar-refractivity contribution >= 4 is 12.4 Å². The molecule has 1 aliphatic rings. The number of aryl methyl sites for hydroxylation is 1. The number of hydrogen-bond acceptors (Lipinski definition) is 4. The third-order valence-electron chi connectivity index (χ3n) is 4.70. The van der Waals surface area contributed by atoms with Gasteiger partial charge in [-0.25, -0.2) is 9.67 Å². The zero-order valence-electron chi connectivity index (χ0n) is 15.4. The van der Waals surface area contributed by atoms with Crippen LogP contribution in [0.1, 0.15) is 17.8 Å². The van der Waals surface area contributed by atoms with E-state index in [-0.39, 0.29) is 18.3 Å². The van der Waals surface area contributed by atoms with Crippen LogP contribution >= 0.6 is 0 Å². The molecule has 2 heterocycles. The number of aromatic nitrogens is 3. The van der Waals surface area contributed by atoms with E-state index in [1.807, 2.05) is 22.9 Å². The van der Waals surface area contributed by atoms with Crippen LogP contribution in [0.3, 0.4) is 0 Å². The van der Waals surface area contributed by atoms with E-state index in [1.165, 1.54) is 11.1 Å². The normalized spacial score (nSPS) is 14.9. The first-order valence-corrected chi connectivity index (χ1v) is 9.08. The van der Waals surface area contributed by atoms with Gasteiger partial charge in [-0.2, -0.15) is 5.10 Å². The molecule has 144 valence electrons. The average Bonchev–Trinajstić information content (AvgIpc) is 3.21. The van der Waals surface area contributed by atoms with Gasteiger partial charge in [-0.15, -0.1) is 0 Å². The standard InChI is InChI=1S/C20H20N4O.CH2O2/c25-20(18-10-11-19-22-14-23-24(19)13-18)21-12-15-6-8-17(9-7-15)16-4-2-1-3-5-16;2-1-3/h1-9,14,18H,10-13H2,(H,21,25);1H,(H,2,3). The van der Waals surface area contributed by atoms with E-state index >= 15 is 0 Å². The fourth-order valence-corrected chi connectivity index (χ4v) is 3.23. The van der Waals surface area contributed by atoms with Crippen molar-refractivity contribution in [2.75, 3.05) is 0 Å². The number of benzene rings is 2. The van der Waals surface area contributed by atoms with Crippen LogP contribution in [0, 0.1) is 5.92 Å². The Balaban J connectivity index is 0.000000706. The summed E-state index contributed by atoms with van der Waals surface area (Å²) < 4.78 is 1.84. The van der Waals surface area contributed by atoms with Crippen LogP contribution < -0.4 is 5.32 Å². The van der Waals surface area contributed by atoms with Gasteiger partial charge in [0.25, 0.3) is 6.47 Å². The summed E-state index contributed by atoms with van der Waals surface area (Å²) in [5.41, 5.74) is 3.48. The van der Waals surface area contributed by atoms with Gasteiger partial charge in [-0.05, 0) is 23.1 Å². The molecule has 1 aliphatic heterocycles. The smallest absolute Gasteiger partial charge is 0.290 e. The molecule has 7 nitrogen and oxygen atoms in total. The summed E-state index contributed by atoms with van der Waals surface area (Å²) in [5.74, 6) is 1.03. The van der Waals surface area contributed by atoms with Gasteiger partial charge in [0.2, 0.25) is 5.91 Å². The van der Waals surface area contributed by atoms with Crippen LogP contribution in [0.5, 0.6) is 0 Å². The van der Waals surface area contributed by atoms with Crippen molar-refractivity contribution in [3.05, 3.63) is 72.3 Å². The van der Waals surface area contributed by atoms with E-state index in [0.717, 1.165) is 24.2 Å². The van der Waals surface area contributed by atoms with Crippen molar-refractivity contribution in [3.8, 4) is 11.1 Å². The quantitative estimate of drug-likeness (QED) is 0.680. The molecule has 0 saturated carbocycles. The Bertz CT molecular complexity index is 907. The minimum Gasteiger partial charge on any atom is -0.483 e. The first-order chi connectivity index (χ1) is 13.7. The molecule has 0 aliphatic carbocycles. The van der Waals surface area contributed by atoms with Gasteiger partial charge in [0.05, 0.1) is 12.5 Å². The number of amides is 1. The van der Waals surface area contributed by atoms with E-state index in [1.54, 1.807) is 6.33 Å². The molecule has 1 unspecified atom stereocenters. The summed E-state index contributed by atoms with van der Waals surface area (Å²) in [5, 5.41) is 14.1. The lowest BCUT2D eigenvalue weighted by molar-refractivity contribution is -0.126. The van der Waals surface area contributed by atoms with Crippen LogP contribution in [0.2, 0.25) is 0 Å². The second kappa shape index (κ2) is 9.45. The molecule has 0 bridgehead atoms. The summed E-state index contributed by atoms with van der Waals surface area (Å²) in [6.45, 7) is 0.919. The summed E-state index contributed by atoms with van der Waals surface area (Å²) >= 11 is 0. The topological polar surface area (TPSA) is 97.1 Å². The lowest BCUT2D eigenvalue weighted by Crippen LogP contribution is -2.36. The molecule has 2 aromatic carbocycles. The van der Waals surface area contributed by atoms with Crippen LogP contribution in [0.25, 0.3) is 11.1 Å². The Kier molecular flexibility index (Phi) is 6.51. The Morgan fingerprint density at radius 2 is 1.82 bits per heavy atom. The summed E-state index contributed by atoms with van der Waals surface area (Å²) in [6.07, 6.45) is 3.20. The number of fused-ring (bicyclic) bond motifs is 1. The number of rotatable bonds is 4. The number of carbonyl (C=O) groups excluding carboxylic acids is 1. The number of hydrogen-bond donors (Lipinski definition) is 2. The van der Waals surface area contributed by atoms with Crippen molar-refractivity contribution in [1.29, 1.82) is 0 Å². The van der Waals surface area contributed by atoms with Crippen LogP contribution in [0.15, 0.2) is 60.9 Å². The molecule has 7 heteroatoms. The van der Waals surface area contributed by atoms with E-state index in [0.29, 0.717) is 13.1 Å². The molecule has 3 aromatic rings. The molecule has 1 atom stereocenters. The van der Waals surface area contributed by atoms with Crippen molar-refractivity contribution in [2.24, 2.45) is 5.92 Å². The fraction of sp³-hybridized carbons (Fsp3) is 0.238. The van der Waals surface area contributed by atoms with Gasteiger partial charge in [0.15, 0.2) is 0 Å². The van der Waals surface area contributed by atoms with E-state index in [4.69, 9.17) is 9.90 Å². The highest BCUT2D eigenvalue weighted by molar-refractivity contribution is 5.78. The Morgan fingerprint density at radius 3 is 2.54 bits per heavy atom. The lowest BCUT2D eigenvalue weighted by Gasteiger charge is -2.21. The predicted octanol–water partition coefficient (Wildman–Crippen LogP) is 2.52. The van der Waals surface area contributed by atoms with Gasteiger partial charge in [-0.3, -0.25) is 9.59 Å². The third kappa shape index (κ3) is 4.82. The number of nitrogens with one attached hydrogen (secondary N) is 1. The molecule has 0 fully saturated rings. The first kappa shape index (κ1) is 19.3. The highest BCUT2D eigenvalue weighted by atomic mass is 16.3. The highest BCUT2D eigenvalue weighted by Gasteiger charge is 2.25. The zero-order chi connectivity index (χ0) is 19.8. The van der Waals surface area contributed by atoms with Crippen molar-refractivity contribution in [2.45, 2.75) is 25.9 Å². The molecule has 2 N–H and O–H groups in total. The largest absolute Gasteiger partial charge is 0.483 e. The molecule has 1 aromatic heterocycles. The maximum Gasteiger partial charge on any atom is 0.290 e. The minimum absolute atomic E-state index is 0.0298. The summed E-state index contributed by atoms with van der Waals surface area (Å²) in [4.78, 5) is 25.0. The van der Waals surface area contributed by atoms with Gasteiger partial charge in [0, 0.05) is 13.0 Å². The zero-order valence-corrected chi connectivity index (χ0v) is 15.4. The molecule has 1 amide bonds. The molecule has 0 spiro atoms. The second-order valence-corrected chi connectivity index (χ2v) is 6.48. The van der Waals surface area contributed by atoms with Crippen molar-refractivity contribution < 1.29 is 14.7 Å². The van der Waals surface area contributed by atoms with Crippen LogP contribution in [0.4, 0.5) is 0 Å². The number of nitrogens with zero attached hydrogens (tertiary/aromatic N) is 3. The monoisotopic (exact) mass is 378 g/mol. The summed E-state index contributed by atoms with van der Waals surface area (Å²) in [7, 11) is 0. The SMILES string of the molecule is O=C(NCc1ccc(-c2ccccc2)cc1)C1CCc2ncnn2C1.O=CO. The number of carbonyl (C=O) groups is 2. The van der Waals surface area contributed by atoms with Gasteiger partial charge in [-0.1, -0.05) is 54.6 Å². The van der Waals surface area contributed by atoms with Crippen molar-refractivity contribution in [1.82, 2.24) is 20.1 Å². The molecular weight excluding hydrogens is 356 g/mol. The van der Waals surface area contributed by atoms with Crippen LogP contribution in [-0.2, 0) is 29.1 Å². The van der Waals surface area contributed by atoms with E-state index < -0.39 is 0 Å². The fourth-order valence-electron chi connectivity index (χ4n) is 3.23. The Labute approximate surface area is 163 Å². The van der Waals surface area contributed by atoms with E-state index in [9.17, 15) is 4.79 Å². The third-order valence-corrected chi connectivity index (χ3v) is 4.70. The minimum atomic E-state index is -0.250. The maximum atomic E-state index is 12.4. The maximum absolute atomic E-state index is 12.4. The first-order valence-electron chi connectivity index (χ1n) is 9.08. The summed E-state index contributed by atoms with van der Waals surface area (Å²) in [6, 6.07) is 18.6. The number of carboxylic acid groups (broad SMARTS) is 1. The molecule has 0 radical (unpaired) electrons. The van der Waals surface area contributed by atoms with Gasteiger partial charge < -0.3 is 10.4 Å². The Hall–Kier alpha value is -3.48. The second-order valence-electron chi connectivity index (χ2n) is 6.48. The molecular formula is C21H22N4O3. The lowest BCUT2D eigenvalue weighted by atomic mass is 9.98. The van der Waals surface area contributed by atoms with Crippen molar-refractivity contribution in [3.63, 3.8) is 0 Å². The molecule has 28 heavy (non-hydrogen) atoms. The molecule has 4 rings (SSSR count). The average molecular weight is 378 g/mol. The van der Waals surface area contributed by atoms with Crippen LogP contribution in [-0.4, -0.2) is 32.3 Å². The van der Waals surface area contributed by atoms with Gasteiger partial charge >= 0.3 is 0 Å². The molecule has 0 saturated heterocycles. The van der Waals surface area contributed by atoms with E-state index in [2.05, 4.69) is 51.8 Å². The predicted molar refractivity (Wildman–Crippen MR) is 104 cm³/mol. The Morgan fingerprint density at radius 1 is 1.14 bits per heavy atom. The highest BCUT2D eigenvalue weighted by Crippen LogP contribution is 2.20.